The highest BCUT2D eigenvalue weighted by molar-refractivity contribution is 6.29. The van der Waals surface area contributed by atoms with Crippen molar-refractivity contribution in [3.8, 4) is 6.07 Å². The van der Waals surface area contributed by atoms with Crippen molar-refractivity contribution in [1.29, 1.82) is 5.26 Å². The Labute approximate surface area is 335 Å². The van der Waals surface area contributed by atoms with Crippen LogP contribution in [0.2, 0.25) is 0 Å². The normalized spacial score (nSPS) is 14.4. The first-order valence-electron chi connectivity index (χ1n) is 19.9. The molecule has 0 atom stereocenters. The second-order valence-corrected chi connectivity index (χ2v) is 16.8. The van der Waals surface area contributed by atoms with Crippen LogP contribution in [0.1, 0.15) is 57.2 Å². The SMILES string of the molecule is CC1=CC=C(N2c3cccc(c3)N(c3ccc(C#N)cc3)c3cccc(c3)N(c3ccc(C)cc3)c3cc2c2ccc4cc(C(C)(C)C)cc5ccc3c2c45)CC1. The van der Waals surface area contributed by atoms with Gasteiger partial charge in [-0.15, -0.1) is 0 Å². The Hall–Kier alpha value is -6.83. The molecule has 0 amide bonds. The first-order valence-corrected chi connectivity index (χ1v) is 19.9. The van der Waals surface area contributed by atoms with Gasteiger partial charge < -0.3 is 14.7 Å². The maximum atomic E-state index is 9.69. The van der Waals surface area contributed by atoms with Crippen molar-refractivity contribution < 1.29 is 0 Å². The minimum absolute atomic E-state index is 0.0222. The predicted octanol–water partition coefficient (Wildman–Crippen LogP) is 15.1. The first kappa shape index (κ1) is 34.6. The third-order valence-corrected chi connectivity index (χ3v) is 11.9. The molecule has 0 aromatic heterocycles. The summed E-state index contributed by atoms with van der Waals surface area (Å²) in [7, 11) is 0. The van der Waals surface area contributed by atoms with E-state index in [-0.39, 0.29) is 5.41 Å². The molecule has 8 aromatic carbocycles. The van der Waals surface area contributed by atoms with Crippen LogP contribution in [0, 0.1) is 18.3 Å². The van der Waals surface area contributed by atoms with E-state index in [1.165, 1.54) is 54.7 Å². The van der Waals surface area contributed by atoms with Gasteiger partial charge in [-0.25, -0.2) is 0 Å². The summed E-state index contributed by atoms with van der Waals surface area (Å²) in [5.41, 5.74) is 14.5. The van der Waals surface area contributed by atoms with Gasteiger partial charge in [-0.3, -0.25) is 0 Å². The Bertz CT molecular complexity index is 2950. The van der Waals surface area contributed by atoms with Crippen molar-refractivity contribution >= 4 is 77.8 Å². The minimum atomic E-state index is 0.0222. The van der Waals surface area contributed by atoms with Gasteiger partial charge >= 0.3 is 0 Å². The van der Waals surface area contributed by atoms with Gasteiger partial charge in [0.15, 0.2) is 0 Å². The number of fused-ring (bicyclic) bond motifs is 8. The van der Waals surface area contributed by atoms with Crippen LogP contribution in [0.3, 0.4) is 0 Å². The van der Waals surface area contributed by atoms with E-state index >= 15 is 0 Å². The summed E-state index contributed by atoms with van der Waals surface area (Å²) >= 11 is 0. The lowest BCUT2D eigenvalue weighted by Crippen LogP contribution is -2.21. The van der Waals surface area contributed by atoms with Crippen LogP contribution < -0.4 is 14.7 Å². The Morgan fingerprint density at radius 1 is 0.509 bits per heavy atom. The lowest BCUT2D eigenvalue weighted by molar-refractivity contribution is 0.591. The maximum absolute atomic E-state index is 9.69. The van der Waals surface area contributed by atoms with E-state index in [0.717, 1.165) is 58.3 Å². The van der Waals surface area contributed by atoms with Crippen LogP contribution in [0.15, 0.2) is 163 Å². The number of aryl methyl sites for hydroxylation is 1. The minimum Gasteiger partial charge on any atom is -0.313 e. The van der Waals surface area contributed by atoms with Crippen molar-refractivity contribution in [2.45, 2.75) is 52.9 Å². The van der Waals surface area contributed by atoms with Crippen molar-refractivity contribution in [2.24, 2.45) is 0 Å². The van der Waals surface area contributed by atoms with Gasteiger partial charge in [0.2, 0.25) is 0 Å². The van der Waals surface area contributed by atoms with Crippen LogP contribution in [0.5, 0.6) is 0 Å². The number of benzene rings is 8. The van der Waals surface area contributed by atoms with Crippen molar-refractivity contribution in [1.82, 2.24) is 0 Å². The van der Waals surface area contributed by atoms with Gasteiger partial charge in [-0.1, -0.05) is 98.6 Å². The molecule has 10 rings (SSSR count). The average Bonchev–Trinajstić information content (AvgIpc) is 3.22. The number of nitriles is 1. The van der Waals surface area contributed by atoms with Crippen LogP contribution in [-0.2, 0) is 5.41 Å². The topological polar surface area (TPSA) is 33.5 Å². The lowest BCUT2D eigenvalue weighted by atomic mass is 9.83. The molecular formula is C53H44N4. The van der Waals surface area contributed by atoms with E-state index in [1.54, 1.807) is 0 Å². The van der Waals surface area contributed by atoms with E-state index in [1.807, 2.05) is 12.1 Å². The molecule has 0 radical (unpaired) electrons. The Morgan fingerprint density at radius 2 is 1.05 bits per heavy atom. The van der Waals surface area contributed by atoms with Gasteiger partial charge in [0.05, 0.1) is 23.0 Å². The predicted molar refractivity (Wildman–Crippen MR) is 241 cm³/mol. The van der Waals surface area contributed by atoms with E-state index in [0.29, 0.717) is 5.56 Å². The fraction of sp³-hybridized carbons (Fsp3) is 0.151. The Balaban J connectivity index is 1.37. The van der Waals surface area contributed by atoms with Gasteiger partial charge in [-0.05, 0) is 139 Å². The van der Waals surface area contributed by atoms with Gasteiger partial charge in [-0.2, -0.15) is 5.26 Å². The maximum Gasteiger partial charge on any atom is 0.0991 e. The number of anilines is 8. The largest absolute Gasteiger partial charge is 0.313 e. The summed E-state index contributed by atoms with van der Waals surface area (Å²) < 4.78 is 0. The molecule has 57 heavy (non-hydrogen) atoms. The molecule has 6 bridgehead atoms. The molecule has 2 aliphatic rings. The second kappa shape index (κ2) is 13.1. The third kappa shape index (κ3) is 5.81. The number of hydrogen-bond donors (Lipinski definition) is 0. The summed E-state index contributed by atoms with van der Waals surface area (Å²) in [5, 5.41) is 17.3. The quantitative estimate of drug-likeness (QED) is 0.169. The summed E-state index contributed by atoms with van der Waals surface area (Å²) in [5.74, 6) is 0. The highest BCUT2D eigenvalue weighted by atomic mass is 15.2. The van der Waals surface area contributed by atoms with Gasteiger partial charge in [0.1, 0.15) is 0 Å². The number of hydrogen-bond acceptors (Lipinski definition) is 4. The molecule has 1 aliphatic heterocycles. The average molecular weight is 737 g/mol. The molecule has 0 saturated carbocycles. The smallest absolute Gasteiger partial charge is 0.0991 e. The zero-order valence-electron chi connectivity index (χ0n) is 33.1. The van der Waals surface area contributed by atoms with E-state index in [4.69, 9.17) is 0 Å². The molecule has 4 heteroatoms. The molecule has 4 nitrogen and oxygen atoms in total. The Morgan fingerprint density at radius 3 is 1.61 bits per heavy atom. The van der Waals surface area contributed by atoms with Crippen molar-refractivity contribution in [2.75, 3.05) is 14.7 Å². The van der Waals surface area contributed by atoms with E-state index in [9.17, 15) is 5.26 Å². The van der Waals surface area contributed by atoms with Crippen LogP contribution in [-0.4, -0.2) is 0 Å². The monoisotopic (exact) mass is 736 g/mol. The zero-order chi connectivity index (χ0) is 39.0. The van der Waals surface area contributed by atoms with Crippen LogP contribution in [0.4, 0.5) is 45.5 Å². The molecule has 0 spiro atoms. The van der Waals surface area contributed by atoms with Gasteiger partial charge in [0, 0.05) is 56.0 Å². The highest BCUT2D eigenvalue weighted by Crippen LogP contribution is 2.52. The second-order valence-electron chi connectivity index (χ2n) is 16.8. The number of nitrogens with zero attached hydrogens (tertiary/aromatic N) is 4. The molecule has 276 valence electrons. The van der Waals surface area contributed by atoms with E-state index < -0.39 is 0 Å². The highest BCUT2D eigenvalue weighted by Gasteiger charge is 2.28. The fourth-order valence-electron chi connectivity index (χ4n) is 8.85. The standard InChI is InChI=1S/C53H44N4/c1-34-12-20-41(21-13-34)56-45-10-6-8-43(30-45)55(40-24-16-36(33-54)17-25-40)44-9-7-11-46(31-44)57(42-22-14-35(2)15-23-42)50-32-49(56)47-26-18-37-28-39(53(3,4)5)29-38-19-27-48(50)52(47)51(37)38/h6-14,16-22,24-32H,15,23H2,1-5H3. The number of rotatable bonds is 3. The van der Waals surface area contributed by atoms with Crippen molar-refractivity contribution in [3.63, 3.8) is 0 Å². The van der Waals surface area contributed by atoms with Crippen LogP contribution in [0.25, 0.3) is 32.3 Å². The summed E-state index contributed by atoms with van der Waals surface area (Å²) in [4.78, 5) is 7.27. The van der Waals surface area contributed by atoms with Crippen LogP contribution >= 0.6 is 0 Å². The molecule has 0 fully saturated rings. The molecule has 0 saturated heterocycles. The van der Waals surface area contributed by atoms with Gasteiger partial charge in [0.25, 0.3) is 0 Å². The molecule has 0 N–H and O–H groups in total. The molecule has 8 aromatic rings. The molecule has 0 unspecified atom stereocenters. The Kier molecular flexibility index (Phi) is 7.99. The molecule has 1 aliphatic carbocycles. The zero-order valence-corrected chi connectivity index (χ0v) is 33.1. The molecule has 1 heterocycles. The summed E-state index contributed by atoms with van der Waals surface area (Å²) in [6, 6.07) is 53.6. The summed E-state index contributed by atoms with van der Waals surface area (Å²) in [6.07, 6.45) is 6.55. The fourth-order valence-corrected chi connectivity index (χ4v) is 8.85. The molecular weight excluding hydrogens is 693 g/mol. The number of allylic oxidation sites excluding steroid dienone is 4. The summed E-state index contributed by atoms with van der Waals surface area (Å²) in [6.45, 7) is 11.3. The first-order chi connectivity index (χ1) is 27.6. The van der Waals surface area contributed by atoms with E-state index in [2.05, 4.69) is 195 Å². The third-order valence-electron chi connectivity index (χ3n) is 11.9. The lowest BCUT2D eigenvalue weighted by Gasteiger charge is -2.36. The van der Waals surface area contributed by atoms with Crippen molar-refractivity contribution in [3.05, 3.63) is 180 Å².